The highest BCUT2D eigenvalue weighted by molar-refractivity contribution is 7.71. The van der Waals surface area contributed by atoms with Crippen LogP contribution < -0.4 is 5.56 Å². The zero-order valence-electron chi connectivity index (χ0n) is 12.8. The maximum atomic E-state index is 12.2. The molecule has 9 heteroatoms. The summed E-state index contributed by atoms with van der Waals surface area (Å²) in [5.74, 6) is 0.811. The molecule has 8 nitrogen and oxygen atoms in total. The minimum atomic E-state index is -0.151. The molecule has 0 saturated heterocycles. The number of nitrogens with zero attached hydrogens (tertiary/aromatic N) is 5. The van der Waals surface area contributed by atoms with Crippen LogP contribution in [0.25, 0.3) is 33.7 Å². The summed E-state index contributed by atoms with van der Waals surface area (Å²) in [5.41, 5.74) is 1.94. The van der Waals surface area contributed by atoms with Gasteiger partial charge in [0.2, 0.25) is 5.82 Å². The molecule has 1 aromatic carbocycles. The van der Waals surface area contributed by atoms with Crippen molar-refractivity contribution in [3.63, 3.8) is 0 Å². The molecular weight excluding hydrogens is 328 g/mol. The quantitative estimate of drug-likeness (QED) is 0.561. The van der Waals surface area contributed by atoms with Crippen molar-refractivity contribution in [3.8, 4) is 22.8 Å². The molecule has 0 aliphatic rings. The van der Waals surface area contributed by atoms with Gasteiger partial charge in [0.15, 0.2) is 4.77 Å². The van der Waals surface area contributed by atoms with E-state index in [0.717, 1.165) is 5.56 Å². The Morgan fingerprint density at radius 2 is 2.08 bits per heavy atom. The Kier molecular flexibility index (Phi) is 3.17. The van der Waals surface area contributed by atoms with Gasteiger partial charge in [-0.15, -0.1) is 0 Å². The van der Waals surface area contributed by atoms with Crippen molar-refractivity contribution >= 4 is 23.1 Å². The first kappa shape index (κ1) is 14.5. The molecule has 3 heterocycles. The first-order chi connectivity index (χ1) is 11.5. The zero-order chi connectivity index (χ0) is 16.8. The number of hydrogen-bond donors (Lipinski definition) is 1. The van der Waals surface area contributed by atoms with Crippen LogP contribution in [0.2, 0.25) is 0 Å². The van der Waals surface area contributed by atoms with Crippen LogP contribution in [0.3, 0.4) is 0 Å². The largest absolute Gasteiger partial charge is 0.334 e. The van der Waals surface area contributed by atoms with E-state index in [1.54, 1.807) is 42.3 Å². The number of benzene rings is 1. The topological polar surface area (TPSA) is 94.5 Å². The van der Waals surface area contributed by atoms with Crippen LogP contribution in [-0.2, 0) is 14.1 Å². The molecule has 0 aliphatic carbocycles. The molecule has 4 rings (SSSR count). The van der Waals surface area contributed by atoms with Crippen molar-refractivity contribution in [1.82, 2.24) is 29.5 Å². The van der Waals surface area contributed by atoms with Crippen molar-refractivity contribution in [2.75, 3.05) is 0 Å². The lowest BCUT2D eigenvalue weighted by Gasteiger charge is -2.03. The van der Waals surface area contributed by atoms with Crippen molar-refractivity contribution in [2.24, 2.45) is 14.1 Å². The van der Waals surface area contributed by atoms with Crippen LogP contribution in [0.5, 0.6) is 0 Å². The van der Waals surface area contributed by atoms with Crippen molar-refractivity contribution < 1.29 is 4.52 Å². The van der Waals surface area contributed by atoms with Gasteiger partial charge in [0.1, 0.15) is 0 Å². The molecule has 0 unspecified atom stereocenters. The zero-order valence-corrected chi connectivity index (χ0v) is 13.7. The van der Waals surface area contributed by atoms with Gasteiger partial charge < -0.3 is 9.51 Å². The van der Waals surface area contributed by atoms with Gasteiger partial charge >= 0.3 is 0 Å². The number of rotatable bonds is 2. The summed E-state index contributed by atoms with van der Waals surface area (Å²) in [5, 5.41) is 8.60. The first-order valence-corrected chi connectivity index (χ1v) is 7.50. The summed E-state index contributed by atoms with van der Waals surface area (Å²) in [4.78, 5) is 19.6. The molecule has 0 radical (unpaired) electrons. The second-order valence-electron chi connectivity index (χ2n) is 5.38. The fourth-order valence-electron chi connectivity index (χ4n) is 2.43. The number of H-pyrrole nitrogens is 1. The fraction of sp³-hybridized carbons (Fsp3) is 0.133. The Hall–Kier alpha value is -3.07. The van der Waals surface area contributed by atoms with Crippen molar-refractivity contribution in [3.05, 3.63) is 45.7 Å². The van der Waals surface area contributed by atoms with E-state index in [0.29, 0.717) is 33.0 Å². The molecule has 1 N–H and O–H groups in total. The van der Waals surface area contributed by atoms with E-state index in [1.807, 2.05) is 7.05 Å². The normalized spacial score (nSPS) is 11.2. The first-order valence-electron chi connectivity index (χ1n) is 7.09. The maximum Gasteiger partial charge on any atom is 0.261 e. The van der Waals surface area contributed by atoms with Crippen LogP contribution in [-0.4, -0.2) is 29.5 Å². The summed E-state index contributed by atoms with van der Waals surface area (Å²) in [6.07, 6.45) is 3.46. The van der Waals surface area contributed by atoms with Crippen LogP contribution in [0.1, 0.15) is 0 Å². The average Bonchev–Trinajstić information content (AvgIpc) is 3.21. The number of fused-ring (bicyclic) bond motifs is 1. The molecule has 24 heavy (non-hydrogen) atoms. The van der Waals surface area contributed by atoms with E-state index in [9.17, 15) is 4.79 Å². The predicted octanol–water partition coefficient (Wildman–Crippen LogP) is 2.05. The molecule has 0 spiro atoms. The Morgan fingerprint density at radius 3 is 2.83 bits per heavy atom. The molecular formula is C15H12N6O2S. The van der Waals surface area contributed by atoms with Crippen molar-refractivity contribution in [2.45, 2.75) is 0 Å². The fourth-order valence-corrected chi connectivity index (χ4v) is 2.63. The Balaban J connectivity index is 1.83. The minimum Gasteiger partial charge on any atom is -0.334 e. The number of aromatic nitrogens is 6. The van der Waals surface area contributed by atoms with Gasteiger partial charge in [0, 0.05) is 25.9 Å². The van der Waals surface area contributed by atoms with Crippen LogP contribution in [0, 0.1) is 4.77 Å². The molecule has 120 valence electrons. The predicted molar refractivity (Wildman–Crippen MR) is 89.9 cm³/mol. The average molecular weight is 340 g/mol. The molecule has 0 saturated carbocycles. The molecule has 0 fully saturated rings. The third kappa shape index (κ3) is 2.26. The monoisotopic (exact) mass is 340 g/mol. The van der Waals surface area contributed by atoms with E-state index >= 15 is 0 Å². The maximum absolute atomic E-state index is 12.2. The SMILES string of the molecule is Cn1cc(-c2noc(-c3ccc4c(=O)n(C)c(=S)[nH]c4c3)n2)cn1. The Morgan fingerprint density at radius 1 is 1.25 bits per heavy atom. The molecule has 3 aromatic heterocycles. The minimum absolute atomic E-state index is 0.151. The highest BCUT2D eigenvalue weighted by Crippen LogP contribution is 2.23. The lowest BCUT2D eigenvalue weighted by molar-refractivity contribution is 0.432. The van der Waals surface area contributed by atoms with Gasteiger partial charge in [-0.3, -0.25) is 14.0 Å². The summed E-state index contributed by atoms with van der Waals surface area (Å²) < 4.78 is 8.74. The van der Waals surface area contributed by atoms with Crippen molar-refractivity contribution in [1.29, 1.82) is 0 Å². The van der Waals surface area contributed by atoms with E-state index in [1.165, 1.54) is 4.57 Å². The third-order valence-electron chi connectivity index (χ3n) is 3.74. The van der Waals surface area contributed by atoms with Gasteiger partial charge in [-0.25, -0.2) is 0 Å². The molecule has 0 aliphatic heterocycles. The number of aryl methyl sites for hydroxylation is 1. The van der Waals surface area contributed by atoms with Gasteiger partial charge in [-0.1, -0.05) is 5.16 Å². The summed E-state index contributed by atoms with van der Waals surface area (Å²) >= 11 is 5.15. The summed E-state index contributed by atoms with van der Waals surface area (Å²) in [7, 11) is 3.45. The third-order valence-corrected chi connectivity index (χ3v) is 4.11. The van der Waals surface area contributed by atoms with Gasteiger partial charge in [-0.2, -0.15) is 10.1 Å². The van der Waals surface area contributed by atoms with Crippen LogP contribution in [0.4, 0.5) is 0 Å². The van der Waals surface area contributed by atoms with Gasteiger partial charge in [0.05, 0.1) is 22.7 Å². The van der Waals surface area contributed by atoms with Crippen LogP contribution >= 0.6 is 12.2 Å². The van der Waals surface area contributed by atoms with E-state index < -0.39 is 0 Å². The van der Waals surface area contributed by atoms with E-state index in [-0.39, 0.29) is 5.56 Å². The lowest BCUT2D eigenvalue weighted by atomic mass is 10.1. The Labute approximate surface area is 140 Å². The van der Waals surface area contributed by atoms with E-state index in [2.05, 4.69) is 20.2 Å². The standard InChI is InChI=1S/C15H12N6O2S/c1-20-7-9(6-16-20)12-18-13(23-19-12)8-3-4-10-11(5-8)17-15(24)21(2)14(10)22/h3-7H,1-2H3,(H,17,24). The van der Waals surface area contributed by atoms with Gasteiger partial charge in [0.25, 0.3) is 11.4 Å². The second-order valence-corrected chi connectivity index (χ2v) is 5.77. The smallest absolute Gasteiger partial charge is 0.261 e. The molecule has 0 atom stereocenters. The number of nitrogens with one attached hydrogen (secondary N) is 1. The summed E-state index contributed by atoms with van der Waals surface area (Å²) in [6.45, 7) is 0. The van der Waals surface area contributed by atoms with Gasteiger partial charge in [-0.05, 0) is 30.4 Å². The number of hydrogen-bond acceptors (Lipinski definition) is 6. The highest BCUT2D eigenvalue weighted by Gasteiger charge is 2.13. The molecule has 0 bridgehead atoms. The molecule has 4 aromatic rings. The van der Waals surface area contributed by atoms with E-state index in [4.69, 9.17) is 16.7 Å². The highest BCUT2D eigenvalue weighted by atomic mass is 32.1. The van der Waals surface area contributed by atoms with Crippen LogP contribution in [0.15, 0.2) is 39.9 Å². The Bertz CT molecular complexity index is 1180. The summed E-state index contributed by atoms with van der Waals surface area (Å²) in [6, 6.07) is 5.25. The lowest BCUT2D eigenvalue weighted by Crippen LogP contribution is -2.18. The molecule has 0 amide bonds. The second kappa shape index (κ2) is 5.24. The number of aromatic amines is 1.